The molecule has 1 amide bonds. The molecule has 2 unspecified atom stereocenters. The highest BCUT2D eigenvalue weighted by molar-refractivity contribution is 5.70. The Labute approximate surface area is 147 Å². The van der Waals surface area contributed by atoms with Gasteiger partial charge in [-0.25, -0.2) is 9.18 Å². The molecule has 1 N–H and O–H groups in total. The summed E-state index contributed by atoms with van der Waals surface area (Å²) in [7, 11) is 1.50. The monoisotopic (exact) mass is 351 g/mol. The third-order valence-corrected chi connectivity index (χ3v) is 5.03. The fourth-order valence-corrected chi connectivity index (χ4v) is 4.10. The van der Waals surface area contributed by atoms with E-state index < -0.39 is 17.0 Å². The fourth-order valence-electron chi connectivity index (χ4n) is 4.10. The van der Waals surface area contributed by atoms with Crippen molar-refractivity contribution in [2.75, 3.05) is 7.11 Å². The summed E-state index contributed by atoms with van der Waals surface area (Å²) < 4.78 is 24.6. The van der Waals surface area contributed by atoms with Crippen LogP contribution in [-0.4, -0.2) is 40.9 Å². The number of aliphatic hydroxyl groups is 1. The Morgan fingerprint density at radius 2 is 1.88 bits per heavy atom. The number of hydrogen-bond donors (Lipinski definition) is 1. The van der Waals surface area contributed by atoms with E-state index in [4.69, 9.17) is 9.47 Å². The van der Waals surface area contributed by atoms with Crippen molar-refractivity contribution in [2.24, 2.45) is 0 Å². The maximum absolute atomic E-state index is 13.8. The first kappa shape index (κ1) is 18.0. The van der Waals surface area contributed by atoms with E-state index >= 15 is 0 Å². The zero-order valence-corrected chi connectivity index (χ0v) is 15.2. The van der Waals surface area contributed by atoms with Crippen LogP contribution in [0.25, 0.3) is 0 Å². The van der Waals surface area contributed by atoms with E-state index in [9.17, 15) is 14.3 Å². The van der Waals surface area contributed by atoms with Crippen molar-refractivity contribution in [3.05, 3.63) is 29.6 Å². The van der Waals surface area contributed by atoms with Crippen LogP contribution in [0.1, 0.15) is 52.0 Å². The van der Waals surface area contributed by atoms with Crippen LogP contribution in [0.3, 0.4) is 0 Å². The average molecular weight is 351 g/mol. The molecule has 2 saturated heterocycles. The molecule has 138 valence electrons. The highest BCUT2D eigenvalue weighted by atomic mass is 19.1. The summed E-state index contributed by atoms with van der Waals surface area (Å²) in [5.74, 6) is 0.0557. The van der Waals surface area contributed by atoms with Gasteiger partial charge in [0.15, 0.2) is 0 Å². The van der Waals surface area contributed by atoms with Crippen molar-refractivity contribution >= 4 is 6.09 Å². The van der Waals surface area contributed by atoms with Gasteiger partial charge >= 0.3 is 6.09 Å². The van der Waals surface area contributed by atoms with Crippen LogP contribution in [0, 0.1) is 5.82 Å². The fraction of sp³-hybridized carbons (Fsp3) is 0.632. The minimum atomic E-state index is -1.21. The number of methoxy groups -OCH3 is 1. The molecule has 0 spiro atoms. The molecule has 0 saturated carbocycles. The second-order valence-corrected chi connectivity index (χ2v) is 8.06. The Balaban J connectivity index is 1.86. The molecule has 3 rings (SSSR count). The van der Waals surface area contributed by atoms with Gasteiger partial charge in [-0.3, -0.25) is 0 Å². The molecule has 2 fully saturated rings. The first-order valence-electron chi connectivity index (χ1n) is 8.71. The van der Waals surface area contributed by atoms with Crippen molar-refractivity contribution in [3.63, 3.8) is 0 Å². The summed E-state index contributed by atoms with van der Waals surface area (Å²) in [6.07, 6.45) is 1.98. The number of carbonyl (C=O) groups excluding carboxylic acids is 1. The van der Waals surface area contributed by atoms with E-state index in [1.54, 1.807) is 4.90 Å². The van der Waals surface area contributed by atoms with E-state index in [0.717, 1.165) is 12.8 Å². The van der Waals surface area contributed by atoms with Crippen LogP contribution in [0.15, 0.2) is 18.2 Å². The molecular weight excluding hydrogens is 325 g/mol. The third-order valence-electron chi connectivity index (χ3n) is 5.03. The minimum Gasteiger partial charge on any atom is -0.496 e. The number of nitrogens with zero attached hydrogens (tertiary/aromatic N) is 1. The minimum absolute atomic E-state index is 0.119. The summed E-state index contributed by atoms with van der Waals surface area (Å²) in [5.41, 5.74) is -1.32. The lowest BCUT2D eigenvalue weighted by molar-refractivity contribution is -0.0634. The number of ether oxygens (including phenoxy) is 2. The summed E-state index contributed by atoms with van der Waals surface area (Å²) in [4.78, 5) is 14.3. The van der Waals surface area contributed by atoms with E-state index in [0.29, 0.717) is 24.2 Å². The molecule has 25 heavy (non-hydrogen) atoms. The Kier molecular flexibility index (Phi) is 4.43. The van der Waals surface area contributed by atoms with Gasteiger partial charge in [0.2, 0.25) is 0 Å². The molecule has 0 aromatic heterocycles. The van der Waals surface area contributed by atoms with E-state index in [-0.39, 0.29) is 18.2 Å². The summed E-state index contributed by atoms with van der Waals surface area (Å²) in [6.45, 7) is 5.51. The van der Waals surface area contributed by atoms with Gasteiger partial charge in [-0.1, -0.05) is 0 Å². The molecule has 2 heterocycles. The zero-order chi connectivity index (χ0) is 18.4. The highest BCUT2D eigenvalue weighted by Gasteiger charge is 2.51. The second kappa shape index (κ2) is 6.16. The molecule has 2 atom stereocenters. The van der Waals surface area contributed by atoms with Crippen LogP contribution < -0.4 is 4.74 Å². The van der Waals surface area contributed by atoms with Crippen LogP contribution in [0.5, 0.6) is 5.75 Å². The van der Waals surface area contributed by atoms with Gasteiger partial charge in [0.05, 0.1) is 12.7 Å². The predicted molar refractivity (Wildman–Crippen MR) is 91.0 cm³/mol. The standard InChI is InChI=1S/C19H26FNO4/c1-18(2,3)25-17(22)21-13-6-7-14(21)11-19(23,10-13)15-9-12(20)5-8-16(15)24-4/h5,8-9,13-14,23H,6-7,10-11H2,1-4H3. The third kappa shape index (κ3) is 3.45. The normalized spacial score (nSPS) is 28.8. The maximum Gasteiger partial charge on any atom is 0.410 e. The zero-order valence-electron chi connectivity index (χ0n) is 15.2. The Morgan fingerprint density at radius 3 is 2.40 bits per heavy atom. The number of piperidine rings is 1. The van der Waals surface area contributed by atoms with Crippen LogP contribution >= 0.6 is 0 Å². The number of rotatable bonds is 2. The Morgan fingerprint density at radius 1 is 1.28 bits per heavy atom. The highest BCUT2D eigenvalue weighted by Crippen LogP contribution is 2.48. The van der Waals surface area contributed by atoms with Crippen LogP contribution in [0.4, 0.5) is 9.18 Å². The molecule has 1 aromatic carbocycles. The van der Waals surface area contributed by atoms with Crippen molar-refractivity contribution in [3.8, 4) is 5.75 Å². The largest absolute Gasteiger partial charge is 0.496 e. The first-order chi connectivity index (χ1) is 11.6. The molecular formula is C19H26FNO4. The van der Waals surface area contributed by atoms with E-state index in [1.807, 2.05) is 20.8 Å². The Hall–Kier alpha value is -1.82. The van der Waals surface area contributed by atoms with Gasteiger partial charge in [0.25, 0.3) is 0 Å². The summed E-state index contributed by atoms with van der Waals surface area (Å²) in [5, 5.41) is 11.3. The van der Waals surface area contributed by atoms with E-state index in [2.05, 4.69) is 0 Å². The lowest BCUT2D eigenvalue weighted by Crippen LogP contribution is -2.53. The van der Waals surface area contributed by atoms with Crippen molar-refractivity contribution < 1.29 is 23.8 Å². The van der Waals surface area contributed by atoms with Crippen molar-refractivity contribution in [2.45, 2.75) is 69.7 Å². The van der Waals surface area contributed by atoms with Gasteiger partial charge in [-0.05, 0) is 51.8 Å². The number of amides is 1. The van der Waals surface area contributed by atoms with Gasteiger partial charge in [0.1, 0.15) is 17.2 Å². The van der Waals surface area contributed by atoms with Crippen LogP contribution in [-0.2, 0) is 10.3 Å². The Bertz CT molecular complexity index is 656. The number of hydrogen-bond acceptors (Lipinski definition) is 4. The number of halogens is 1. The molecule has 5 nitrogen and oxygen atoms in total. The van der Waals surface area contributed by atoms with Crippen LogP contribution in [0.2, 0.25) is 0 Å². The number of benzene rings is 1. The molecule has 0 aliphatic carbocycles. The summed E-state index contributed by atoms with van der Waals surface area (Å²) >= 11 is 0. The second-order valence-electron chi connectivity index (χ2n) is 8.06. The first-order valence-corrected chi connectivity index (χ1v) is 8.71. The molecule has 2 aliphatic heterocycles. The topological polar surface area (TPSA) is 59.0 Å². The molecule has 0 radical (unpaired) electrons. The molecule has 6 heteroatoms. The van der Waals surface area contributed by atoms with Gasteiger partial charge < -0.3 is 19.5 Å². The maximum atomic E-state index is 13.8. The lowest BCUT2D eigenvalue weighted by atomic mass is 9.80. The smallest absolute Gasteiger partial charge is 0.410 e. The SMILES string of the molecule is COc1ccc(F)cc1C1(O)CC2CCC(C1)N2C(=O)OC(C)(C)C. The molecule has 2 aliphatic rings. The van der Waals surface area contributed by atoms with Gasteiger partial charge in [0, 0.05) is 30.5 Å². The molecule has 2 bridgehead atoms. The van der Waals surface area contributed by atoms with Crippen molar-refractivity contribution in [1.82, 2.24) is 4.90 Å². The number of carbonyl (C=O) groups is 1. The van der Waals surface area contributed by atoms with E-state index in [1.165, 1.54) is 25.3 Å². The number of fused-ring (bicyclic) bond motifs is 2. The van der Waals surface area contributed by atoms with Gasteiger partial charge in [-0.15, -0.1) is 0 Å². The molecule has 1 aromatic rings. The average Bonchev–Trinajstić information content (AvgIpc) is 2.78. The van der Waals surface area contributed by atoms with Gasteiger partial charge in [-0.2, -0.15) is 0 Å². The van der Waals surface area contributed by atoms with Crippen molar-refractivity contribution in [1.29, 1.82) is 0 Å². The quantitative estimate of drug-likeness (QED) is 0.885. The predicted octanol–water partition coefficient (Wildman–Crippen LogP) is 3.58. The summed E-state index contributed by atoms with van der Waals surface area (Å²) in [6, 6.07) is 3.95. The lowest BCUT2D eigenvalue weighted by Gasteiger charge is -2.44.